The Bertz CT molecular complexity index is 349. The number of hydrogen-bond acceptors (Lipinski definition) is 2. The van der Waals surface area contributed by atoms with Gasteiger partial charge in [0.25, 0.3) is 0 Å². The summed E-state index contributed by atoms with van der Waals surface area (Å²) in [5.41, 5.74) is 8.49. The summed E-state index contributed by atoms with van der Waals surface area (Å²) >= 11 is 0. The van der Waals surface area contributed by atoms with Gasteiger partial charge in [0.2, 0.25) is 0 Å². The van der Waals surface area contributed by atoms with Crippen molar-refractivity contribution in [1.82, 2.24) is 0 Å². The summed E-state index contributed by atoms with van der Waals surface area (Å²) in [6, 6.07) is 6.53. The van der Waals surface area contributed by atoms with Crippen LogP contribution >= 0.6 is 0 Å². The van der Waals surface area contributed by atoms with Crippen molar-refractivity contribution in [3.05, 3.63) is 29.3 Å². The molecule has 0 aromatic heterocycles. The zero-order valence-corrected chi connectivity index (χ0v) is 10.0. The fraction of sp³-hybridized carbons (Fsp3) is 0.571. The minimum Gasteiger partial charge on any atom is -0.491 e. The van der Waals surface area contributed by atoms with Gasteiger partial charge in [0.05, 0.1) is 6.10 Å². The van der Waals surface area contributed by atoms with Crippen LogP contribution < -0.4 is 10.5 Å². The Labute approximate surface area is 97.8 Å². The van der Waals surface area contributed by atoms with E-state index in [1.165, 1.54) is 36.8 Å². The van der Waals surface area contributed by atoms with Gasteiger partial charge in [-0.1, -0.05) is 6.07 Å². The highest BCUT2D eigenvalue weighted by Crippen LogP contribution is 2.25. The van der Waals surface area contributed by atoms with Crippen LogP contribution in [-0.2, 0) is 12.8 Å². The van der Waals surface area contributed by atoms with E-state index in [2.05, 4.69) is 25.1 Å². The van der Waals surface area contributed by atoms with Gasteiger partial charge in [-0.15, -0.1) is 0 Å². The molecule has 2 rings (SSSR count). The highest BCUT2D eigenvalue weighted by atomic mass is 16.5. The first-order valence-electron chi connectivity index (χ1n) is 6.28. The molecule has 1 aromatic rings. The molecular formula is C14H21NO. The van der Waals surface area contributed by atoms with E-state index in [1.54, 1.807) is 0 Å². The minimum absolute atomic E-state index is 0.214. The molecule has 0 fully saturated rings. The van der Waals surface area contributed by atoms with Crippen molar-refractivity contribution in [2.75, 3.05) is 6.54 Å². The maximum Gasteiger partial charge on any atom is 0.119 e. The van der Waals surface area contributed by atoms with Crippen molar-refractivity contribution < 1.29 is 4.74 Å². The second-order valence-corrected chi connectivity index (χ2v) is 4.64. The molecule has 0 bridgehead atoms. The SMILES string of the molecule is CC(CCN)Oc1ccc2c(c1)CCCC2. The maximum atomic E-state index is 5.84. The van der Waals surface area contributed by atoms with Gasteiger partial charge in [-0.2, -0.15) is 0 Å². The van der Waals surface area contributed by atoms with Crippen molar-refractivity contribution in [2.24, 2.45) is 5.73 Å². The lowest BCUT2D eigenvalue weighted by Crippen LogP contribution is -2.17. The molecule has 0 saturated carbocycles. The van der Waals surface area contributed by atoms with E-state index in [4.69, 9.17) is 10.5 Å². The quantitative estimate of drug-likeness (QED) is 0.845. The number of hydrogen-bond donors (Lipinski definition) is 1. The third-order valence-electron chi connectivity index (χ3n) is 3.23. The summed E-state index contributed by atoms with van der Waals surface area (Å²) in [4.78, 5) is 0. The molecule has 0 radical (unpaired) electrons. The molecule has 1 aliphatic carbocycles. The van der Waals surface area contributed by atoms with Crippen LogP contribution in [0, 0.1) is 0 Å². The van der Waals surface area contributed by atoms with Crippen LogP contribution in [0.4, 0.5) is 0 Å². The zero-order valence-electron chi connectivity index (χ0n) is 10.0. The largest absolute Gasteiger partial charge is 0.491 e. The average molecular weight is 219 g/mol. The standard InChI is InChI=1S/C14H21NO/c1-11(8-9-15)16-14-7-6-12-4-2-3-5-13(12)10-14/h6-7,10-11H,2-5,8-9,15H2,1H3. The van der Waals surface area contributed by atoms with Gasteiger partial charge < -0.3 is 10.5 Å². The summed E-state index contributed by atoms with van der Waals surface area (Å²) in [6.45, 7) is 2.76. The van der Waals surface area contributed by atoms with E-state index in [0.717, 1.165) is 12.2 Å². The molecule has 2 heteroatoms. The molecule has 16 heavy (non-hydrogen) atoms. The van der Waals surface area contributed by atoms with Crippen molar-refractivity contribution in [3.63, 3.8) is 0 Å². The summed E-state index contributed by atoms with van der Waals surface area (Å²) in [5.74, 6) is 1.00. The molecular weight excluding hydrogens is 198 g/mol. The van der Waals surface area contributed by atoms with E-state index in [-0.39, 0.29) is 6.10 Å². The van der Waals surface area contributed by atoms with Crippen molar-refractivity contribution in [2.45, 2.75) is 45.1 Å². The zero-order chi connectivity index (χ0) is 11.4. The first-order valence-corrected chi connectivity index (χ1v) is 6.28. The van der Waals surface area contributed by atoms with Crippen LogP contribution in [-0.4, -0.2) is 12.6 Å². The van der Waals surface area contributed by atoms with E-state index in [1.807, 2.05) is 0 Å². The molecule has 2 nitrogen and oxygen atoms in total. The Kier molecular flexibility index (Phi) is 3.83. The Morgan fingerprint density at radius 2 is 2.00 bits per heavy atom. The smallest absolute Gasteiger partial charge is 0.119 e. The molecule has 0 heterocycles. The molecule has 1 unspecified atom stereocenters. The van der Waals surface area contributed by atoms with E-state index < -0.39 is 0 Å². The van der Waals surface area contributed by atoms with Gasteiger partial charge in [-0.25, -0.2) is 0 Å². The van der Waals surface area contributed by atoms with Crippen LogP contribution in [0.1, 0.15) is 37.3 Å². The average Bonchev–Trinajstić information content (AvgIpc) is 2.29. The number of aryl methyl sites for hydroxylation is 2. The van der Waals surface area contributed by atoms with Crippen molar-refractivity contribution >= 4 is 0 Å². The molecule has 0 saturated heterocycles. The number of benzene rings is 1. The van der Waals surface area contributed by atoms with Gasteiger partial charge >= 0.3 is 0 Å². The lowest BCUT2D eigenvalue weighted by Gasteiger charge is -2.19. The lowest BCUT2D eigenvalue weighted by atomic mass is 9.92. The number of rotatable bonds is 4. The molecule has 0 spiro atoms. The second kappa shape index (κ2) is 5.35. The summed E-state index contributed by atoms with van der Waals surface area (Å²) < 4.78 is 5.84. The van der Waals surface area contributed by atoms with Gasteiger partial charge in [0, 0.05) is 0 Å². The van der Waals surface area contributed by atoms with Gasteiger partial charge in [0.15, 0.2) is 0 Å². The maximum absolute atomic E-state index is 5.84. The Morgan fingerprint density at radius 1 is 1.25 bits per heavy atom. The second-order valence-electron chi connectivity index (χ2n) is 4.64. The molecule has 0 aliphatic heterocycles. The Morgan fingerprint density at radius 3 is 2.75 bits per heavy atom. The topological polar surface area (TPSA) is 35.2 Å². The summed E-state index contributed by atoms with van der Waals surface area (Å²) in [7, 11) is 0. The number of ether oxygens (including phenoxy) is 1. The predicted octanol–water partition coefficient (Wildman–Crippen LogP) is 2.68. The van der Waals surface area contributed by atoms with Gasteiger partial charge in [0.1, 0.15) is 5.75 Å². The summed E-state index contributed by atoms with van der Waals surface area (Å²) in [5, 5.41) is 0. The highest BCUT2D eigenvalue weighted by Gasteiger charge is 2.10. The van der Waals surface area contributed by atoms with E-state index in [0.29, 0.717) is 6.54 Å². The molecule has 1 atom stereocenters. The van der Waals surface area contributed by atoms with Gasteiger partial charge in [-0.05, 0) is 68.8 Å². The minimum atomic E-state index is 0.214. The molecule has 1 aliphatic rings. The van der Waals surface area contributed by atoms with Gasteiger partial charge in [-0.3, -0.25) is 0 Å². The highest BCUT2D eigenvalue weighted by molar-refractivity contribution is 5.37. The fourth-order valence-corrected chi connectivity index (χ4v) is 2.31. The van der Waals surface area contributed by atoms with E-state index >= 15 is 0 Å². The number of fused-ring (bicyclic) bond motifs is 1. The van der Waals surface area contributed by atoms with Crippen LogP contribution in [0.2, 0.25) is 0 Å². The molecule has 2 N–H and O–H groups in total. The normalized spacial score (nSPS) is 16.6. The Hall–Kier alpha value is -1.02. The van der Waals surface area contributed by atoms with Crippen LogP contribution in [0.5, 0.6) is 5.75 Å². The monoisotopic (exact) mass is 219 g/mol. The first kappa shape index (κ1) is 11.5. The Balaban J connectivity index is 2.05. The number of nitrogens with two attached hydrogens (primary N) is 1. The van der Waals surface area contributed by atoms with Crippen molar-refractivity contribution in [3.8, 4) is 5.75 Å². The molecule has 88 valence electrons. The van der Waals surface area contributed by atoms with E-state index in [9.17, 15) is 0 Å². The predicted molar refractivity (Wildman–Crippen MR) is 66.8 cm³/mol. The summed E-state index contributed by atoms with van der Waals surface area (Å²) in [6.07, 6.45) is 6.21. The third-order valence-corrected chi connectivity index (χ3v) is 3.23. The first-order chi connectivity index (χ1) is 7.79. The lowest BCUT2D eigenvalue weighted by molar-refractivity contribution is 0.213. The fourth-order valence-electron chi connectivity index (χ4n) is 2.31. The molecule has 1 aromatic carbocycles. The van der Waals surface area contributed by atoms with Crippen LogP contribution in [0.25, 0.3) is 0 Å². The molecule has 0 amide bonds. The third kappa shape index (κ3) is 2.76. The van der Waals surface area contributed by atoms with Crippen LogP contribution in [0.3, 0.4) is 0 Å². The van der Waals surface area contributed by atoms with Crippen molar-refractivity contribution in [1.29, 1.82) is 0 Å². The van der Waals surface area contributed by atoms with Crippen LogP contribution in [0.15, 0.2) is 18.2 Å².